The third kappa shape index (κ3) is 21.4. The fraction of sp³-hybridized carbons (Fsp3) is 0.377. The third-order valence-electron chi connectivity index (χ3n) is 9.72. The van der Waals surface area contributed by atoms with Crippen LogP contribution in [0, 0.1) is 0 Å². The highest BCUT2D eigenvalue weighted by molar-refractivity contribution is 9.10. The summed E-state index contributed by atoms with van der Waals surface area (Å²) >= 11 is 3.36. The topological polar surface area (TPSA) is 260 Å². The van der Waals surface area contributed by atoms with Gasteiger partial charge < -0.3 is 29.0 Å². The molecular formula is C53H66BrN7O15. The molecule has 3 heterocycles. The van der Waals surface area contributed by atoms with Crippen LogP contribution in [0.3, 0.4) is 0 Å². The summed E-state index contributed by atoms with van der Waals surface area (Å²) in [6.07, 6.45) is 7.02. The van der Waals surface area contributed by atoms with Crippen LogP contribution in [0.15, 0.2) is 95.5 Å². The minimum atomic E-state index is -0.682. The molecule has 0 unspecified atom stereocenters. The number of hydrogen-bond acceptors (Lipinski definition) is 15. The van der Waals surface area contributed by atoms with E-state index in [0.717, 1.165) is 16.1 Å². The molecule has 410 valence electrons. The molecule has 7 amide bonds. The Morgan fingerprint density at radius 3 is 1.29 bits per heavy atom. The van der Waals surface area contributed by atoms with Crippen LogP contribution in [0.4, 0.5) is 25.8 Å². The van der Waals surface area contributed by atoms with Crippen LogP contribution in [0.5, 0.6) is 0 Å². The number of rotatable bonds is 8. The van der Waals surface area contributed by atoms with Crippen molar-refractivity contribution in [1.29, 1.82) is 0 Å². The molecule has 0 aromatic heterocycles. The third-order valence-corrected chi connectivity index (χ3v) is 10.4. The molecule has 3 aliphatic heterocycles. The number of esters is 2. The van der Waals surface area contributed by atoms with Crippen LogP contribution < -0.4 is 20.6 Å². The van der Waals surface area contributed by atoms with Crippen LogP contribution in [-0.2, 0) is 52.5 Å². The van der Waals surface area contributed by atoms with Gasteiger partial charge in [0.15, 0.2) is 0 Å². The average Bonchev–Trinajstić information content (AvgIpc) is 4.09. The summed E-state index contributed by atoms with van der Waals surface area (Å²) in [5.74, 6) is -2.14. The predicted molar refractivity (Wildman–Crippen MR) is 285 cm³/mol. The highest BCUT2D eigenvalue weighted by Gasteiger charge is 2.36. The number of carbonyl (C=O) groups excluding carboxylic acids is 9. The van der Waals surface area contributed by atoms with Crippen molar-refractivity contribution in [2.45, 2.75) is 79.1 Å². The second-order valence-corrected chi connectivity index (χ2v) is 20.2. The first-order valence-electron chi connectivity index (χ1n) is 23.4. The Hall–Kier alpha value is -8.05. The lowest BCUT2D eigenvalue weighted by Crippen LogP contribution is -2.36. The summed E-state index contributed by atoms with van der Waals surface area (Å²) in [6.45, 7) is 16.3. The number of nitrogens with zero attached hydrogens (tertiary/aromatic N) is 5. The molecule has 0 aliphatic carbocycles. The van der Waals surface area contributed by atoms with Crippen molar-refractivity contribution in [3.63, 3.8) is 0 Å². The fourth-order valence-corrected chi connectivity index (χ4v) is 6.77. The van der Waals surface area contributed by atoms with Crippen molar-refractivity contribution in [2.75, 3.05) is 63.7 Å². The zero-order valence-electron chi connectivity index (χ0n) is 44.4. The van der Waals surface area contributed by atoms with E-state index < -0.39 is 47.0 Å². The van der Waals surface area contributed by atoms with Gasteiger partial charge in [0.25, 0.3) is 5.91 Å². The average molecular weight is 1120 g/mol. The number of hydroxylamine groups is 1. The SMILES string of the molecule is CC(C)(C)OC(=O)N1CC(=O)N(c2ccccc2/C=C/C(=O)NO)C1.CC(C)(C)OC(=O)N1CNC(=O)C1.COC(=O)/C=C/c1ccccc1Br.COC(=O)/C=C/c1ccccc1N1CN(C(=O)OC(C)(C)C)CC1=O. The molecule has 0 spiro atoms. The Kier molecular flexibility index (Phi) is 23.4. The first-order valence-corrected chi connectivity index (χ1v) is 24.2. The van der Waals surface area contributed by atoms with Gasteiger partial charge in [-0.15, -0.1) is 0 Å². The zero-order chi connectivity index (χ0) is 57.0. The molecule has 0 bridgehead atoms. The van der Waals surface area contributed by atoms with Gasteiger partial charge in [0, 0.05) is 22.7 Å². The van der Waals surface area contributed by atoms with Gasteiger partial charge >= 0.3 is 30.2 Å². The van der Waals surface area contributed by atoms with E-state index in [1.165, 1.54) is 62.4 Å². The van der Waals surface area contributed by atoms with E-state index >= 15 is 0 Å². The molecule has 0 atom stereocenters. The van der Waals surface area contributed by atoms with Gasteiger partial charge in [0.05, 0.1) is 32.3 Å². The molecule has 22 nitrogen and oxygen atoms in total. The number of ether oxygens (including phenoxy) is 5. The fourth-order valence-electron chi connectivity index (χ4n) is 6.35. The summed E-state index contributed by atoms with van der Waals surface area (Å²) in [4.78, 5) is 111. The number of halogens is 1. The molecule has 3 N–H and O–H groups in total. The monoisotopic (exact) mass is 1120 g/mol. The van der Waals surface area contributed by atoms with Crippen molar-refractivity contribution in [2.24, 2.45) is 0 Å². The van der Waals surface area contributed by atoms with E-state index in [1.807, 2.05) is 24.3 Å². The zero-order valence-corrected chi connectivity index (χ0v) is 46.0. The van der Waals surface area contributed by atoms with Crippen molar-refractivity contribution in [3.05, 3.63) is 112 Å². The van der Waals surface area contributed by atoms with Gasteiger partial charge in [0.1, 0.15) is 49.8 Å². The van der Waals surface area contributed by atoms with Gasteiger partial charge in [-0.3, -0.25) is 48.9 Å². The van der Waals surface area contributed by atoms with Crippen LogP contribution in [0.25, 0.3) is 18.2 Å². The van der Waals surface area contributed by atoms with Crippen molar-refractivity contribution >= 4 is 99.4 Å². The Balaban J connectivity index is 0.000000279. The lowest BCUT2D eigenvalue weighted by Gasteiger charge is -2.24. The molecule has 3 saturated heterocycles. The van der Waals surface area contributed by atoms with Gasteiger partial charge in [-0.25, -0.2) is 29.5 Å². The number of anilines is 2. The Bertz CT molecular complexity index is 2550. The first kappa shape index (κ1) is 62.2. The van der Waals surface area contributed by atoms with Crippen molar-refractivity contribution in [1.82, 2.24) is 25.5 Å². The molecule has 76 heavy (non-hydrogen) atoms. The number of nitrogens with one attached hydrogen (secondary N) is 2. The van der Waals surface area contributed by atoms with E-state index in [9.17, 15) is 43.2 Å². The van der Waals surface area contributed by atoms with E-state index in [2.05, 4.69) is 30.7 Å². The summed E-state index contributed by atoms with van der Waals surface area (Å²) in [6, 6.07) is 21.7. The smallest absolute Gasteiger partial charge is 0.412 e. The normalized spacial score (nSPS) is 14.5. The molecule has 23 heteroatoms. The molecule has 3 aliphatic rings. The lowest BCUT2D eigenvalue weighted by molar-refractivity contribution is -0.135. The summed E-state index contributed by atoms with van der Waals surface area (Å²) in [5, 5.41) is 11.1. The summed E-state index contributed by atoms with van der Waals surface area (Å²) in [7, 11) is 2.65. The molecule has 6 rings (SSSR count). The molecule has 3 fully saturated rings. The van der Waals surface area contributed by atoms with E-state index in [-0.39, 0.29) is 63.3 Å². The lowest BCUT2D eigenvalue weighted by atomic mass is 10.1. The van der Waals surface area contributed by atoms with Gasteiger partial charge in [-0.2, -0.15) is 0 Å². The number of amides is 7. The molecule has 3 aromatic carbocycles. The quantitative estimate of drug-likeness (QED) is 0.0668. The second kappa shape index (κ2) is 28.6. The molecular weight excluding hydrogens is 1050 g/mol. The van der Waals surface area contributed by atoms with Crippen LogP contribution in [-0.4, -0.2) is 144 Å². The minimum Gasteiger partial charge on any atom is -0.466 e. The van der Waals surface area contributed by atoms with Crippen LogP contribution in [0.1, 0.15) is 79.0 Å². The minimum absolute atomic E-state index is 0.0516. The largest absolute Gasteiger partial charge is 0.466 e. The maximum atomic E-state index is 12.4. The van der Waals surface area contributed by atoms with Crippen LogP contribution >= 0.6 is 15.9 Å². The highest BCUT2D eigenvalue weighted by atomic mass is 79.9. The van der Waals surface area contributed by atoms with Crippen LogP contribution in [0.2, 0.25) is 0 Å². The van der Waals surface area contributed by atoms with Crippen molar-refractivity contribution < 1.29 is 72.0 Å². The molecule has 0 saturated carbocycles. The maximum absolute atomic E-state index is 12.4. The molecule has 0 radical (unpaired) electrons. The van der Waals surface area contributed by atoms with Crippen molar-refractivity contribution in [3.8, 4) is 0 Å². The Morgan fingerprint density at radius 2 is 0.921 bits per heavy atom. The van der Waals surface area contributed by atoms with E-state index in [4.69, 9.17) is 19.4 Å². The van der Waals surface area contributed by atoms with Gasteiger partial charge in [0.2, 0.25) is 17.7 Å². The summed E-state index contributed by atoms with van der Waals surface area (Å²) < 4.78 is 25.7. The number of methoxy groups -OCH3 is 2. The summed E-state index contributed by atoms with van der Waals surface area (Å²) in [5.41, 5.74) is 3.11. The number of carbonyl (C=O) groups is 9. The van der Waals surface area contributed by atoms with E-state index in [0.29, 0.717) is 22.5 Å². The highest BCUT2D eigenvalue weighted by Crippen LogP contribution is 2.28. The van der Waals surface area contributed by atoms with Gasteiger partial charge in [-0.05, 0) is 115 Å². The first-order chi connectivity index (χ1) is 35.5. The second-order valence-electron chi connectivity index (χ2n) is 19.4. The Labute approximate surface area is 450 Å². The maximum Gasteiger partial charge on any atom is 0.412 e. The van der Waals surface area contributed by atoms with E-state index in [1.54, 1.807) is 123 Å². The Morgan fingerprint density at radius 1 is 0.553 bits per heavy atom. The standard InChI is InChI=1S/C18H22N2O5.C17H21N3O5.C10H9BrO2.C8H14N2O3/c1-18(2,3)25-17(23)19-11-15(21)20(12-19)14-8-6-5-7-13(14)9-10-16(22)24-4;1-17(2,3)25-16(23)19-10-15(22)20(11-19)13-7-5-4-6-12(13)8-9-14(21)18-24;1-13-10(12)7-6-8-4-2-3-5-9(8)11;1-8(2,3)13-7(12)10-4-6(11)9-5-10/h5-10H,11-12H2,1-4H3;4-9,24H,10-11H2,1-3H3,(H,18,21);2-7H,1H3;4-5H2,1-3H3,(H,9,11)/b10-9+;9-8+;7-6+;. The number of hydrogen-bond donors (Lipinski definition) is 3. The number of benzene rings is 3. The predicted octanol–water partition coefficient (Wildman–Crippen LogP) is 7.11. The number of para-hydroxylation sites is 2. The molecule has 3 aromatic rings. The van der Waals surface area contributed by atoms with Gasteiger partial charge in [-0.1, -0.05) is 70.5 Å².